The minimum absolute atomic E-state index is 0.00341. The smallest absolute Gasteiger partial charge is 0.224 e. The Hall–Kier alpha value is -1.55. The van der Waals surface area contributed by atoms with Gasteiger partial charge in [0, 0.05) is 17.8 Å². The second-order valence-corrected chi connectivity index (χ2v) is 6.06. The predicted octanol–water partition coefficient (Wildman–Crippen LogP) is 2.82. The summed E-state index contributed by atoms with van der Waals surface area (Å²) in [6.45, 7) is 2.56. The average Bonchev–Trinajstić information content (AvgIpc) is 2.44. The number of carbonyl (C=O) groups excluding carboxylic acids is 1. The minimum atomic E-state index is -0.00341. The first-order chi connectivity index (χ1) is 9.54. The standard InChI is InChI=1S/C16H25N3O/c1-12-5-6-13(18)9-14(12)19-15(20)10-16(11-17)7-3-2-4-8-16/h5-6,9H,2-4,7-8,10-11,17-18H2,1H3,(H,19,20). The lowest BCUT2D eigenvalue weighted by Gasteiger charge is -2.35. The van der Waals surface area contributed by atoms with Crippen LogP contribution in [0.5, 0.6) is 0 Å². The third-order valence-electron chi connectivity index (χ3n) is 4.42. The highest BCUT2D eigenvalue weighted by Gasteiger charge is 2.33. The van der Waals surface area contributed by atoms with Gasteiger partial charge in [0.1, 0.15) is 0 Å². The van der Waals surface area contributed by atoms with Gasteiger partial charge in [-0.15, -0.1) is 0 Å². The molecule has 2 rings (SSSR count). The summed E-state index contributed by atoms with van der Waals surface area (Å²) in [5, 5.41) is 2.98. The average molecular weight is 275 g/mol. The van der Waals surface area contributed by atoms with Crippen LogP contribution in [-0.2, 0) is 4.79 Å². The van der Waals surface area contributed by atoms with Gasteiger partial charge in [-0.1, -0.05) is 25.3 Å². The van der Waals surface area contributed by atoms with E-state index in [2.05, 4.69) is 5.32 Å². The molecule has 1 aromatic rings. The summed E-state index contributed by atoms with van der Waals surface area (Å²) in [7, 11) is 0. The molecule has 0 aromatic heterocycles. The van der Waals surface area contributed by atoms with E-state index < -0.39 is 0 Å². The normalized spacial score (nSPS) is 17.7. The molecule has 20 heavy (non-hydrogen) atoms. The van der Waals surface area contributed by atoms with Crippen molar-refractivity contribution in [1.29, 1.82) is 0 Å². The van der Waals surface area contributed by atoms with Crippen molar-refractivity contribution >= 4 is 17.3 Å². The Morgan fingerprint density at radius 3 is 2.65 bits per heavy atom. The molecule has 0 saturated heterocycles. The lowest BCUT2D eigenvalue weighted by molar-refractivity contribution is -0.118. The summed E-state index contributed by atoms with van der Waals surface area (Å²) < 4.78 is 0. The van der Waals surface area contributed by atoms with Gasteiger partial charge in [0.25, 0.3) is 0 Å². The highest BCUT2D eigenvalue weighted by Crippen LogP contribution is 2.38. The van der Waals surface area contributed by atoms with E-state index in [1.54, 1.807) is 0 Å². The summed E-state index contributed by atoms with van der Waals surface area (Å²) in [5.41, 5.74) is 14.2. The monoisotopic (exact) mass is 275 g/mol. The fraction of sp³-hybridized carbons (Fsp3) is 0.562. The fourth-order valence-corrected chi connectivity index (χ4v) is 3.06. The molecule has 1 saturated carbocycles. The second kappa shape index (κ2) is 6.27. The maximum Gasteiger partial charge on any atom is 0.224 e. The highest BCUT2D eigenvalue weighted by molar-refractivity contribution is 5.92. The quantitative estimate of drug-likeness (QED) is 0.739. The summed E-state index contributed by atoms with van der Waals surface area (Å²) in [6, 6.07) is 5.57. The maximum absolute atomic E-state index is 12.3. The molecule has 0 spiro atoms. The molecular formula is C16H25N3O. The number of nitrogens with two attached hydrogens (primary N) is 2. The van der Waals surface area contributed by atoms with E-state index >= 15 is 0 Å². The molecular weight excluding hydrogens is 250 g/mol. The first-order valence-corrected chi connectivity index (χ1v) is 7.41. The molecule has 5 N–H and O–H groups in total. The number of aryl methyl sites for hydroxylation is 1. The SMILES string of the molecule is Cc1ccc(N)cc1NC(=O)CC1(CN)CCCCC1. The van der Waals surface area contributed by atoms with Crippen LogP contribution in [0.15, 0.2) is 18.2 Å². The number of carbonyl (C=O) groups is 1. The third kappa shape index (κ3) is 3.51. The van der Waals surface area contributed by atoms with E-state index in [1.165, 1.54) is 19.3 Å². The molecule has 4 nitrogen and oxygen atoms in total. The molecule has 1 fully saturated rings. The van der Waals surface area contributed by atoms with E-state index in [4.69, 9.17) is 11.5 Å². The minimum Gasteiger partial charge on any atom is -0.399 e. The number of amides is 1. The van der Waals surface area contributed by atoms with Gasteiger partial charge < -0.3 is 16.8 Å². The van der Waals surface area contributed by atoms with Crippen LogP contribution in [-0.4, -0.2) is 12.5 Å². The summed E-state index contributed by atoms with van der Waals surface area (Å²) in [6.07, 6.45) is 6.26. The van der Waals surface area contributed by atoms with Crippen LogP contribution >= 0.6 is 0 Å². The number of hydrogen-bond donors (Lipinski definition) is 3. The van der Waals surface area contributed by atoms with Crippen molar-refractivity contribution in [3.8, 4) is 0 Å². The van der Waals surface area contributed by atoms with Gasteiger partial charge >= 0.3 is 0 Å². The molecule has 4 heteroatoms. The number of rotatable bonds is 4. The maximum atomic E-state index is 12.3. The van der Waals surface area contributed by atoms with Crippen LogP contribution in [0, 0.1) is 12.3 Å². The topological polar surface area (TPSA) is 81.1 Å². The van der Waals surface area contributed by atoms with Crippen molar-refractivity contribution in [3.05, 3.63) is 23.8 Å². The first kappa shape index (κ1) is 14.9. The van der Waals surface area contributed by atoms with Crippen LogP contribution in [0.1, 0.15) is 44.1 Å². The molecule has 0 unspecified atom stereocenters. The first-order valence-electron chi connectivity index (χ1n) is 7.41. The number of nitrogen functional groups attached to an aromatic ring is 1. The van der Waals surface area contributed by atoms with Gasteiger partial charge in [-0.2, -0.15) is 0 Å². The van der Waals surface area contributed by atoms with Crippen LogP contribution < -0.4 is 16.8 Å². The van der Waals surface area contributed by atoms with Crippen molar-refractivity contribution in [2.75, 3.05) is 17.6 Å². The van der Waals surface area contributed by atoms with Crippen LogP contribution in [0.3, 0.4) is 0 Å². The molecule has 0 bridgehead atoms. The number of hydrogen-bond acceptors (Lipinski definition) is 3. The van der Waals surface area contributed by atoms with Crippen molar-refractivity contribution < 1.29 is 4.79 Å². The Kier molecular flexibility index (Phi) is 4.65. The Morgan fingerprint density at radius 2 is 2.00 bits per heavy atom. The number of nitrogens with one attached hydrogen (secondary N) is 1. The van der Waals surface area contributed by atoms with Gasteiger partial charge in [-0.05, 0) is 49.4 Å². The molecule has 1 amide bonds. The van der Waals surface area contributed by atoms with E-state index in [1.807, 2.05) is 25.1 Å². The lowest BCUT2D eigenvalue weighted by Crippen LogP contribution is -2.36. The van der Waals surface area contributed by atoms with E-state index in [9.17, 15) is 4.79 Å². The Balaban J connectivity index is 2.02. The molecule has 0 aliphatic heterocycles. The van der Waals surface area contributed by atoms with Crippen molar-refractivity contribution in [3.63, 3.8) is 0 Å². The molecule has 1 aromatic carbocycles. The van der Waals surface area contributed by atoms with E-state index in [-0.39, 0.29) is 11.3 Å². The van der Waals surface area contributed by atoms with Crippen molar-refractivity contribution in [2.45, 2.75) is 45.4 Å². The van der Waals surface area contributed by atoms with E-state index in [0.29, 0.717) is 18.7 Å². The van der Waals surface area contributed by atoms with Crippen LogP contribution in [0.25, 0.3) is 0 Å². The lowest BCUT2D eigenvalue weighted by atomic mass is 9.71. The Labute approximate surface area is 120 Å². The second-order valence-electron chi connectivity index (χ2n) is 6.06. The van der Waals surface area contributed by atoms with Gasteiger partial charge in [-0.3, -0.25) is 4.79 Å². The Morgan fingerprint density at radius 1 is 1.30 bits per heavy atom. The van der Waals surface area contributed by atoms with Crippen LogP contribution in [0.2, 0.25) is 0 Å². The zero-order valence-corrected chi connectivity index (χ0v) is 12.2. The van der Waals surface area contributed by atoms with Gasteiger partial charge in [0.05, 0.1) is 0 Å². The third-order valence-corrected chi connectivity index (χ3v) is 4.42. The Bertz CT molecular complexity index is 479. The van der Waals surface area contributed by atoms with Gasteiger partial charge in [0.15, 0.2) is 0 Å². The van der Waals surface area contributed by atoms with Gasteiger partial charge in [0.2, 0.25) is 5.91 Å². The van der Waals surface area contributed by atoms with E-state index in [0.717, 1.165) is 24.1 Å². The zero-order chi connectivity index (χ0) is 14.6. The molecule has 0 atom stereocenters. The molecule has 1 aliphatic carbocycles. The molecule has 0 heterocycles. The molecule has 110 valence electrons. The van der Waals surface area contributed by atoms with Gasteiger partial charge in [-0.25, -0.2) is 0 Å². The largest absolute Gasteiger partial charge is 0.399 e. The zero-order valence-electron chi connectivity index (χ0n) is 12.2. The predicted molar refractivity (Wildman–Crippen MR) is 83.4 cm³/mol. The van der Waals surface area contributed by atoms with Crippen molar-refractivity contribution in [2.24, 2.45) is 11.1 Å². The van der Waals surface area contributed by atoms with Crippen LogP contribution in [0.4, 0.5) is 11.4 Å². The molecule has 1 aliphatic rings. The number of anilines is 2. The number of benzene rings is 1. The highest BCUT2D eigenvalue weighted by atomic mass is 16.1. The summed E-state index contributed by atoms with van der Waals surface area (Å²) in [5.74, 6) is 0.0473. The summed E-state index contributed by atoms with van der Waals surface area (Å²) in [4.78, 5) is 12.3. The van der Waals surface area contributed by atoms with Crippen molar-refractivity contribution in [1.82, 2.24) is 0 Å². The fourth-order valence-electron chi connectivity index (χ4n) is 3.06. The molecule has 0 radical (unpaired) electrons. The summed E-state index contributed by atoms with van der Waals surface area (Å²) >= 11 is 0.